The summed E-state index contributed by atoms with van der Waals surface area (Å²) < 4.78 is 5.26. The zero-order valence-corrected chi connectivity index (χ0v) is 9.13. The zero-order chi connectivity index (χ0) is 11.4. The van der Waals surface area contributed by atoms with Crippen molar-refractivity contribution in [1.29, 1.82) is 0 Å². The Labute approximate surface area is 93.9 Å². The Morgan fingerprint density at radius 3 is 2.81 bits per heavy atom. The molecule has 5 nitrogen and oxygen atoms in total. The van der Waals surface area contributed by atoms with E-state index in [9.17, 15) is 0 Å². The highest BCUT2D eigenvalue weighted by Gasteiger charge is 2.05. The first-order chi connectivity index (χ1) is 7.79. The van der Waals surface area contributed by atoms with Crippen LogP contribution in [0.4, 0.5) is 5.82 Å². The molecule has 0 spiro atoms. The molecule has 0 radical (unpaired) electrons. The van der Waals surface area contributed by atoms with Crippen molar-refractivity contribution in [2.45, 2.75) is 13.1 Å². The van der Waals surface area contributed by atoms with E-state index in [1.54, 1.807) is 18.7 Å². The van der Waals surface area contributed by atoms with Gasteiger partial charge in [0.1, 0.15) is 11.6 Å². The predicted molar refractivity (Wildman–Crippen MR) is 60.7 cm³/mol. The first kappa shape index (κ1) is 10.6. The van der Waals surface area contributed by atoms with Gasteiger partial charge in [-0.25, -0.2) is 4.98 Å². The number of hydrogen-bond donors (Lipinski definition) is 1. The molecule has 2 heterocycles. The quantitative estimate of drug-likeness (QED) is 0.834. The summed E-state index contributed by atoms with van der Waals surface area (Å²) >= 11 is 0. The normalized spacial score (nSPS) is 10.4. The minimum atomic E-state index is 0.412. The molecule has 0 saturated heterocycles. The van der Waals surface area contributed by atoms with E-state index >= 15 is 0 Å². The molecule has 2 aromatic rings. The summed E-state index contributed by atoms with van der Waals surface area (Å²) in [6.07, 6.45) is 5.06. The molecule has 0 aliphatic rings. The van der Waals surface area contributed by atoms with Gasteiger partial charge in [-0.1, -0.05) is 0 Å². The van der Waals surface area contributed by atoms with Gasteiger partial charge in [-0.05, 0) is 12.1 Å². The van der Waals surface area contributed by atoms with E-state index in [1.165, 1.54) is 0 Å². The van der Waals surface area contributed by atoms with Crippen LogP contribution in [0, 0.1) is 0 Å². The monoisotopic (exact) mass is 218 g/mol. The average molecular weight is 218 g/mol. The van der Waals surface area contributed by atoms with Crippen molar-refractivity contribution in [2.24, 2.45) is 5.73 Å². The Balaban J connectivity index is 2.05. The Morgan fingerprint density at radius 2 is 2.25 bits per heavy atom. The maximum absolute atomic E-state index is 5.45. The molecular weight excluding hydrogens is 204 g/mol. The van der Waals surface area contributed by atoms with Crippen molar-refractivity contribution in [1.82, 2.24) is 9.97 Å². The summed E-state index contributed by atoms with van der Waals surface area (Å²) in [5, 5.41) is 0. The summed E-state index contributed by atoms with van der Waals surface area (Å²) in [6.45, 7) is 1.08. The lowest BCUT2D eigenvalue weighted by Crippen LogP contribution is -2.17. The first-order valence-corrected chi connectivity index (χ1v) is 5.04. The minimum Gasteiger partial charge on any atom is -0.467 e. The third-order valence-corrected chi connectivity index (χ3v) is 2.27. The molecule has 0 bridgehead atoms. The molecule has 5 heteroatoms. The van der Waals surface area contributed by atoms with E-state index in [0.29, 0.717) is 13.1 Å². The molecule has 16 heavy (non-hydrogen) atoms. The minimum absolute atomic E-state index is 0.412. The van der Waals surface area contributed by atoms with Crippen LogP contribution >= 0.6 is 0 Å². The van der Waals surface area contributed by atoms with E-state index in [0.717, 1.165) is 17.3 Å². The Kier molecular flexibility index (Phi) is 3.16. The van der Waals surface area contributed by atoms with E-state index in [1.807, 2.05) is 24.1 Å². The van der Waals surface area contributed by atoms with Gasteiger partial charge in [0, 0.05) is 13.6 Å². The lowest BCUT2D eigenvalue weighted by atomic mass is 10.4. The standard InChI is InChI=1S/C11H14N4O/c1-15(8-10-3-2-4-16-10)11-7-13-9(5-12)6-14-11/h2-4,6-7H,5,8,12H2,1H3. The average Bonchev–Trinajstić information content (AvgIpc) is 2.82. The van der Waals surface area contributed by atoms with Crippen LogP contribution in [0.2, 0.25) is 0 Å². The maximum atomic E-state index is 5.45. The Bertz CT molecular complexity index is 424. The summed E-state index contributed by atoms with van der Waals surface area (Å²) in [4.78, 5) is 10.4. The van der Waals surface area contributed by atoms with E-state index in [-0.39, 0.29) is 0 Å². The molecule has 0 amide bonds. The van der Waals surface area contributed by atoms with Crippen LogP contribution in [0.15, 0.2) is 35.2 Å². The van der Waals surface area contributed by atoms with Crippen molar-refractivity contribution >= 4 is 5.82 Å². The molecule has 0 atom stereocenters. The topological polar surface area (TPSA) is 68.2 Å². The van der Waals surface area contributed by atoms with Crippen LogP contribution in [0.3, 0.4) is 0 Å². The maximum Gasteiger partial charge on any atom is 0.147 e. The van der Waals surface area contributed by atoms with Crippen molar-refractivity contribution < 1.29 is 4.42 Å². The van der Waals surface area contributed by atoms with Crippen LogP contribution in [0.25, 0.3) is 0 Å². The number of nitrogens with two attached hydrogens (primary N) is 1. The zero-order valence-electron chi connectivity index (χ0n) is 9.13. The molecule has 2 rings (SSSR count). The van der Waals surface area contributed by atoms with Gasteiger partial charge in [-0.15, -0.1) is 0 Å². The summed E-state index contributed by atoms with van der Waals surface area (Å²) in [6, 6.07) is 3.80. The molecule has 0 saturated carbocycles. The van der Waals surface area contributed by atoms with Crippen molar-refractivity contribution in [3.05, 3.63) is 42.2 Å². The highest BCUT2D eigenvalue weighted by molar-refractivity contribution is 5.34. The number of nitrogens with zero attached hydrogens (tertiary/aromatic N) is 3. The highest BCUT2D eigenvalue weighted by Crippen LogP contribution is 2.11. The second-order valence-corrected chi connectivity index (χ2v) is 3.51. The van der Waals surface area contributed by atoms with Crippen molar-refractivity contribution in [3.8, 4) is 0 Å². The molecule has 0 aromatic carbocycles. The van der Waals surface area contributed by atoms with Gasteiger partial charge in [-0.2, -0.15) is 0 Å². The molecule has 0 aliphatic carbocycles. The molecule has 0 aliphatic heterocycles. The fourth-order valence-electron chi connectivity index (χ4n) is 1.37. The number of rotatable bonds is 4. The highest BCUT2D eigenvalue weighted by atomic mass is 16.3. The van der Waals surface area contributed by atoms with Crippen LogP contribution < -0.4 is 10.6 Å². The molecule has 0 fully saturated rings. The SMILES string of the molecule is CN(Cc1ccco1)c1cnc(CN)cn1. The van der Waals surface area contributed by atoms with Gasteiger partial charge in [0.15, 0.2) is 0 Å². The Morgan fingerprint density at radius 1 is 1.38 bits per heavy atom. The largest absolute Gasteiger partial charge is 0.467 e. The number of aromatic nitrogens is 2. The summed E-state index contributed by atoms with van der Waals surface area (Å²) in [7, 11) is 1.94. The van der Waals surface area contributed by atoms with Gasteiger partial charge >= 0.3 is 0 Å². The second-order valence-electron chi connectivity index (χ2n) is 3.51. The molecule has 84 valence electrons. The van der Waals surface area contributed by atoms with Crippen LogP contribution in [-0.2, 0) is 13.1 Å². The van der Waals surface area contributed by atoms with E-state index < -0.39 is 0 Å². The van der Waals surface area contributed by atoms with Gasteiger partial charge in [0.2, 0.25) is 0 Å². The van der Waals surface area contributed by atoms with Crippen molar-refractivity contribution in [2.75, 3.05) is 11.9 Å². The third-order valence-electron chi connectivity index (χ3n) is 2.27. The molecule has 2 N–H and O–H groups in total. The molecule has 2 aromatic heterocycles. The van der Waals surface area contributed by atoms with E-state index in [2.05, 4.69) is 9.97 Å². The summed E-state index contributed by atoms with van der Waals surface area (Å²) in [5.74, 6) is 1.70. The van der Waals surface area contributed by atoms with E-state index in [4.69, 9.17) is 10.2 Å². The van der Waals surface area contributed by atoms with Crippen LogP contribution in [0.5, 0.6) is 0 Å². The molecule has 0 unspecified atom stereocenters. The van der Waals surface area contributed by atoms with Gasteiger partial charge in [-0.3, -0.25) is 4.98 Å². The number of furan rings is 1. The number of hydrogen-bond acceptors (Lipinski definition) is 5. The fourth-order valence-corrected chi connectivity index (χ4v) is 1.37. The van der Waals surface area contributed by atoms with Crippen LogP contribution in [0.1, 0.15) is 11.5 Å². The lowest BCUT2D eigenvalue weighted by molar-refractivity contribution is 0.507. The summed E-state index contributed by atoms with van der Waals surface area (Å²) in [5.41, 5.74) is 6.24. The smallest absolute Gasteiger partial charge is 0.147 e. The molecular formula is C11H14N4O. The third kappa shape index (κ3) is 2.38. The van der Waals surface area contributed by atoms with Crippen molar-refractivity contribution in [3.63, 3.8) is 0 Å². The van der Waals surface area contributed by atoms with Gasteiger partial charge in [0.25, 0.3) is 0 Å². The first-order valence-electron chi connectivity index (χ1n) is 5.04. The second kappa shape index (κ2) is 4.76. The van der Waals surface area contributed by atoms with Gasteiger partial charge in [0.05, 0.1) is 30.9 Å². The lowest BCUT2D eigenvalue weighted by Gasteiger charge is -2.16. The predicted octanol–water partition coefficient (Wildman–Crippen LogP) is 1.16. The number of anilines is 1. The Hall–Kier alpha value is -1.88. The fraction of sp³-hybridized carbons (Fsp3) is 0.273. The van der Waals surface area contributed by atoms with Gasteiger partial charge < -0.3 is 15.1 Å². The van der Waals surface area contributed by atoms with Crippen LogP contribution in [-0.4, -0.2) is 17.0 Å².